The molecule has 3 aromatic rings. The molecule has 0 saturated carbocycles. The second kappa shape index (κ2) is 8.68. The number of rotatable bonds is 5. The van der Waals surface area contributed by atoms with E-state index in [-0.39, 0.29) is 23.5 Å². The molecule has 30 heavy (non-hydrogen) atoms. The molecule has 0 amide bonds. The van der Waals surface area contributed by atoms with Gasteiger partial charge in [0.05, 0.1) is 17.3 Å². The van der Waals surface area contributed by atoms with Gasteiger partial charge in [0.1, 0.15) is 22.1 Å². The van der Waals surface area contributed by atoms with Gasteiger partial charge in [-0.05, 0) is 35.8 Å². The Bertz CT molecular complexity index is 1260. The molecule has 0 radical (unpaired) electrons. The summed E-state index contributed by atoms with van der Waals surface area (Å²) >= 11 is 1.16. The van der Waals surface area contributed by atoms with Crippen LogP contribution in [0.4, 0.5) is 0 Å². The quantitative estimate of drug-likeness (QED) is 0.635. The van der Waals surface area contributed by atoms with Gasteiger partial charge in [0.15, 0.2) is 5.78 Å². The summed E-state index contributed by atoms with van der Waals surface area (Å²) in [6.45, 7) is 7.53. The van der Waals surface area contributed by atoms with Crippen molar-refractivity contribution in [2.45, 2.75) is 40.7 Å². The first-order valence-electron chi connectivity index (χ1n) is 9.76. The summed E-state index contributed by atoms with van der Waals surface area (Å²) in [6, 6.07) is 13.5. The average molecular weight is 421 g/mol. The summed E-state index contributed by atoms with van der Waals surface area (Å²) in [5, 5.41) is 9.76. The summed E-state index contributed by atoms with van der Waals surface area (Å²) in [5.41, 5.74) is 1.12. The molecule has 0 spiro atoms. The molecule has 0 saturated heterocycles. The van der Waals surface area contributed by atoms with E-state index >= 15 is 0 Å². The minimum Gasteiger partial charge on any atom is -0.467 e. The maximum atomic E-state index is 13.2. The van der Waals surface area contributed by atoms with Gasteiger partial charge in [-0.3, -0.25) is 14.2 Å². The van der Waals surface area contributed by atoms with Gasteiger partial charge in [0.2, 0.25) is 0 Å². The molecule has 0 atom stereocenters. The predicted octanol–water partition coefficient (Wildman–Crippen LogP) is 3.23. The molecule has 0 aliphatic carbocycles. The standard InChI is InChI=1S/C24H24N2O3S/c1-5-16-8-10-17(11-9-16)13-20-22(28)26(15-18-7-6-12-29-18)23(30-20)19(14-25)21(27)24(2,3)4/h6-13H,5,15H2,1-4H3/b20-13-,23-19-. The van der Waals surface area contributed by atoms with Crippen LogP contribution in [0.25, 0.3) is 11.6 Å². The van der Waals surface area contributed by atoms with Crippen molar-refractivity contribution in [3.63, 3.8) is 0 Å². The number of nitriles is 1. The van der Waals surface area contributed by atoms with Gasteiger partial charge in [-0.2, -0.15) is 5.26 Å². The maximum Gasteiger partial charge on any atom is 0.269 e. The number of ketones is 1. The topological polar surface area (TPSA) is 76.0 Å². The molecule has 0 aliphatic rings. The second-order valence-electron chi connectivity index (χ2n) is 8.05. The van der Waals surface area contributed by atoms with Crippen molar-refractivity contribution in [3.05, 3.63) is 79.1 Å². The number of furan rings is 1. The molecule has 1 aromatic carbocycles. The smallest absolute Gasteiger partial charge is 0.269 e. The third-order valence-electron chi connectivity index (χ3n) is 4.72. The van der Waals surface area contributed by atoms with Crippen molar-refractivity contribution in [2.24, 2.45) is 5.41 Å². The van der Waals surface area contributed by atoms with Crippen LogP contribution in [0.3, 0.4) is 0 Å². The fourth-order valence-corrected chi connectivity index (χ4v) is 4.08. The average Bonchev–Trinajstić information content (AvgIpc) is 3.33. The highest BCUT2D eigenvalue weighted by molar-refractivity contribution is 7.07. The lowest BCUT2D eigenvalue weighted by Gasteiger charge is -2.15. The van der Waals surface area contributed by atoms with E-state index in [1.165, 1.54) is 16.4 Å². The Morgan fingerprint density at radius 3 is 2.47 bits per heavy atom. The van der Waals surface area contributed by atoms with Gasteiger partial charge in [0.25, 0.3) is 5.56 Å². The molecule has 3 rings (SSSR count). The van der Waals surface area contributed by atoms with Crippen molar-refractivity contribution in [1.82, 2.24) is 4.57 Å². The van der Waals surface area contributed by atoms with Crippen LogP contribution < -0.4 is 14.8 Å². The van der Waals surface area contributed by atoms with Gasteiger partial charge in [-0.15, -0.1) is 11.3 Å². The molecule has 2 aromatic heterocycles. The zero-order chi connectivity index (χ0) is 21.9. The number of hydrogen-bond acceptors (Lipinski definition) is 5. The number of thiazole rings is 1. The van der Waals surface area contributed by atoms with Gasteiger partial charge in [0, 0.05) is 5.41 Å². The Kier molecular flexibility index (Phi) is 6.23. The first kappa shape index (κ1) is 21.5. The van der Waals surface area contributed by atoms with Gasteiger partial charge in [-0.25, -0.2) is 0 Å². The number of nitrogens with zero attached hydrogens (tertiary/aromatic N) is 2. The number of aromatic nitrogens is 1. The number of hydrogen-bond donors (Lipinski definition) is 0. The normalized spacial score (nSPS) is 13.2. The van der Waals surface area contributed by atoms with E-state index in [0.717, 1.165) is 23.3 Å². The van der Waals surface area contributed by atoms with Crippen molar-refractivity contribution in [2.75, 3.05) is 0 Å². The van der Waals surface area contributed by atoms with Crippen LogP contribution in [0.1, 0.15) is 44.6 Å². The monoisotopic (exact) mass is 420 g/mol. The minimum absolute atomic E-state index is 0.00265. The summed E-state index contributed by atoms with van der Waals surface area (Å²) < 4.78 is 7.68. The van der Waals surface area contributed by atoms with E-state index in [9.17, 15) is 14.9 Å². The first-order chi connectivity index (χ1) is 14.2. The maximum absolute atomic E-state index is 13.2. The molecule has 0 N–H and O–H groups in total. The Hall–Kier alpha value is -3.17. The second-order valence-corrected chi connectivity index (χ2v) is 9.08. The van der Waals surface area contributed by atoms with Crippen LogP contribution in [-0.4, -0.2) is 10.4 Å². The van der Waals surface area contributed by atoms with Crippen LogP contribution in [0.5, 0.6) is 0 Å². The number of Topliss-reactive ketones (excluding diaryl/α,β-unsaturated/α-hetero) is 1. The van der Waals surface area contributed by atoms with E-state index < -0.39 is 5.41 Å². The van der Waals surface area contributed by atoms with Crippen LogP contribution in [-0.2, 0) is 17.8 Å². The van der Waals surface area contributed by atoms with Crippen molar-refractivity contribution in [3.8, 4) is 6.07 Å². The lowest BCUT2D eigenvalue weighted by Crippen LogP contribution is -2.34. The lowest BCUT2D eigenvalue weighted by molar-refractivity contribution is -0.120. The summed E-state index contributed by atoms with van der Waals surface area (Å²) in [6.07, 6.45) is 4.27. The predicted molar refractivity (Wildman–Crippen MR) is 119 cm³/mol. The summed E-state index contributed by atoms with van der Waals surface area (Å²) in [5.74, 6) is 0.286. The third kappa shape index (κ3) is 4.52. The number of benzene rings is 1. The van der Waals surface area contributed by atoms with E-state index in [1.807, 2.05) is 30.3 Å². The zero-order valence-electron chi connectivity index (χ0n) is 17.6. The number of carbonyl (C=O) groups is 1. The highest BCUT2D eigenvalue weighted by Crippen LogP contribution is 2.19. The Morgan fingerprint density at radius 2 is 1.93 bits per heavy atom. The molecule has 0 aliphatic heterocycles. The van der Waals surface area contributed by atoms with Crippen molar-refractivity contribution < 1.29 is 9.21 Å². The first-order valence-corrected chi connectivity index (χ1v) is 10.6. The van der Waals surface area contributed by atoms with Crippen LogP contribution in [0.15, 0.2) is 51.9 Å². The highest BCUT2D eigenvalue weighted by Gasteiger charge is 2.27. The van der Waals surface area contributed by atoms with Crippen molar-refractivity contribution in [1.29, 1.82) is 5.26 Å². The van der Waals surface area contributed by atoms with Crippen LogP contribution >= 0.6 is 11.3 Å². The molecule has 0 bridgehead atoms. The Morgan fingerprint density at radius 1 is 1.23 bits per heavy atom. The Labute approximate surface area is 179 Å². The highest BCUT2D eigenvalue weighted by atomic mass is 32.1. The molecule has 5 nitrogen and oxygen atoms in total. The van der Waals surface area contributed by atoms with Crippen molar-refractivity contribution >= 4 is 28.8 Å². The van der Waals surface area contributed by atoms with E-state index in [1.54, 1.807) is 39.0 Å². The van der Waals surface area contributed by atoms with Gasteiger partial charge >= 0.3 is 0 Å². The largest absolute Gasteiger partial charge is 0.467 e. The van der Waals surface area contributed by atoms with Crippen LogP contribution in [0.2, 0.25) is 0 Å². The fourth-order valence-electron chi connectivity index (χ4n) is 2.98. The SMILES string of the molecule is CCc1ccc(/C=c2\s/c(=C(/C#N)C(=O)C(C)(C)C)n(Cc3ccco3)c2=O)cc1. The van der Waals surface area contributed by atoms with E-state index in [4.69, 9.17) is 4.42 Å². The number of aryl methyl sites for hydroxylation is 1. The van der Waals surface area contributed by atoms with E-state index in [2.05, 4.69) is 6.92 Å². The zero-order valence-corrected chi connectivity index (χ0v) is 18.4. The molecule has 154 valence electrons. The molecular weight excluding hydrogens is 396 g/mol. The Balaban J connectivity index is 2.27. The minimum atomic E-state index is -0.736. The lowest BCUT2D eigenvalue weighted by atomic mass is 9.87. The third-order valence-corrected chi connectivity index (χ3v) is 5.85. The summed E-state index contributed by atoms with van der Waals surface area (Å²) in [7, 11) is 0. The molecule has 2 heterocycles. The van der Waals surface area contributed by atoms with Gasteiger partial charge in [-0.1, -0.05) is 52.0 Å². The van der Waals surface area contributed by atoms with Gasteiger partial charge < -0.3 is 4.42 Å². The van der Waals surface area contributed by atoms with Crippen LogP contribution in [0, 0.1) is 16.7 Å². The number of carbonyl (C=O) groups excluding carboxylic acids is 1. The fraction of sp³-hybridized carbons (Fsp3) is 0.292. The molecule has 6 heteroatoms. The molecule has 0 fully saturated rings. The molecule has 0 unspecified atom stereocenters. The molecular formula is C24H24N2O3S. The summed E-state index contributed by atoms with van der Waals surface area (Å²) in [4.78, 5) is 26.1. The van der Waals surface area contributed by atoms with E-state index in [0.29, 0.717) is 15.0 Å².